The van der Waals surface area contributed by atoms with Gasteiger partial charge in [-0.2, -0.15) is 0 Å². The predicted molar refractivity (Wildman–Crippen MR) is 120 cm³/mol. The van der Waals surface area contributed by atoms with Crippen LogP contribution in [0.1, 0.15) is 38.1 Å². The molecule has 0 saturated heterocycles. The van der Waals surface area contributed by atoms with Crippen molar-refractivity contribution >= 4 is 34.5 Å². The van der Waals surface area contributed by atoms with Crippen LogP contribution in [-0.2, 0) is 0 Å². The molecule has 0 saturated carbocycles. The predicted octanol–water partition coefficient (Wildman–Crippen LogP) is 4.57. The van der Waals surface area contributed by atoms with Crippen LogP contribution in [0.3, 0.4) is 0 Å². The Kier molecular flexibility index (Phi) is 4.71. The van der Waals surface area contributed by atoms with E-state index in [1.165, 1.54) is 13.1 Å². The maximum atomic E-state index is 12.9. The van der Waals surface area contributed by atoms with Crippen molar-refractivity contribution in [1.82, 2.24) is 10.2 Å². The van der Waals surface area contributed by atoms with Crippen LogP contribution >= 0.6 is 0 Å². The number of nitrogens with one attached hydrogen (secondary N) is 2. The summed E-state index contributed by atoms with van der Waals surface area (Å²) in [5.74, 6) is -0.141. The number of imide groups is 1. The topological polar surface area (TPSA) is 91.7 Å². The third kappa shape index (κ3) is 3.39. The van der Waals surface area contributed by atoms with E-state index in [0.717, 1.165) is 21.4 Å². The zero-order chi connectivity index (χ0) is 22.2. The Bertz CT molecular complexity index is 1330. The number of carbonyl (C=O) groups excluding carboxylic acids is 3. The average Bonchev–Trinajstić information content (AvgIpc) is 3.33. The van der Waals surface area contributed by atoms with E-state index in [1.54, 1.807) is 12.1 Å². The van der Waals surface area contributed by atoms with Gasteiger partial charge in [0.25, 0.3) is 11.8 Å². The minimum Gasteiger partial charge on any atom is -0.459 e. The smallest absolute Gasteiger partial charge is 0.320 e. The number of hydrogen-bond donors (Lipinski definition) is 2. The molecule has 7 nitrogen and oxygen atoms in total. The number of nitrogens with zero attached hydrogens (tertiary/aromatic N) is 1. The minimum atomic E-state index is -0.521. The second-order valence-corrected chi connectivity index (χ2v) is 7.56. The van der Waals surface area contributed by atoms with Crippen LogP contribution in [0, 0.1) is 0 Å². The van der Waals surface area contributed by atoms with Crippen molar-refractivity contribution in [3.8, 4) is 0 Å². The summed E-state index contributed by atoms with van der Waals surface area (Å²) in [6, 6.07) is 22.7. The number of benzene rings is 3. The monoisotopic (exact) mass is 425 g/mol. The lowest BCUT2D eigenvalue weighted by Gasteiger charge is -2.18. The first-order valence-electron chi connectivity index (χ1n) is 10.1. The molecule has 1 aliphatic heterocycles. The number of hydrogen-bond acceptors (Lipinski definition) is 4. The van der Waals surface area contributed by atoms with E-state index in [1.807, 2.05) is 60.7 Å². The second-order valence-electron chi connectivity index (χ2n) is 7.56. The third-order valence-electron chi connectivity index (χ3n) is 5.48. The van der Waals surface area contributed by atoms with E-state index < -0.39 is 18.0 Å². The highest BCUT2D eigenvalue weighted by atomic mass is 16.3. The number of rotatable bonds is 4. The fourth-order valence-corrected chi connectivity index (χ4v) is 3.85. The Morgan fingerprint density at radius 2 is 1.59 bits per heavy atom. The van der Waals surface area contributed by atoms with Crippen LogP contribution in [0.2, 0.25) is 0 Å². The Morgan fingerprint density at radius 3 is 2.38 bits per heavy atom. The van der Waals surface area contributed by atoms with Crippen LogP contribution in [0.15, 0.2) is 83.3 Å². The average molecular weight is 425 g/mol. The van der Waals surface area contributed by atoms with Crippen molar-refractivity contribution in [2.75, 3.05) is 12.4 Å². The van der Waals surface area contributed by atoms with Gasteiger partial charge in [-0.05, 0) is 35.9 Å². The Morgan fingerprint density at radius 1 is 0.875 bits per heavy atom. The van der Waals surface area contributed by atoms with E-state index in [2.05, 4.69) is 10.6 Å². The van der Waals surface area contributed by atoms with Gasteiger partial charge in [0.05, 0.1) is 11.1 Å². The number of anilines is 1. The number of furan rings is 1. The maximum absolute atomic E-state index is 12.9. The molecule has 1 aliphatic rings. The molecule has 0 unspecified atom stereocenters. The number of carbonyl (C=O) groups is 3. The normalized spacial score (nSPS) is 13.8. The molecular formula is C25H19N3O4. The van der Waals surface area contributed by atoms with Crippen molar-refractivity contribution in [2.45, 2.75) is 6.04 Å². The third-order valence-corrected chi connectivity index (χ3v) is 5.48. The van der Waals surface area contributed by atoms with Gasteiger partial charge in [0.15, 0.2) is 0 Å². The highest BCUT2D eigenvalue weighted by Crippen LogP contribution is 2.29. The van der Waals surface area contributed by atoms with Crippen LogP contribution < -0.4 is 10.6 Å². The first kappa shape index (κ1) is 19.6. The fraction of sp³-hybridized carbons (Fsp3) is 0.0800. The summed E-state index contributed by atoms with van der Waals surface area (Å²) in [5, 5.41) is 6.64. The lowest BCUT2D eigenvalue weighted by Crippen LogP contribution is -2.33. The molecule has 2 heterocycles. The van der Waals surface area contributed by atoms with Gasteiger partial charge in [-0.25, -0.2) is 4.79 Å². The van der Waals surface area contributed by atoms with Crippen molar-refractivity contribution in [1.29, 1.82) is 0 Å². The summed E-state index contributed by atoms with van der Waals surface area (Å²) in [5.41, 5.74) is 2.60. The Hall–Kier alpha value is -4.39. The van der Waals surface area contributed by atoms with Gasteiger partial charge in [-0.3, -0.25) is 14.5 Å². The zero-order valence-corrected chi connectivity index (χ0v) is 17.2. The summed E-state index contributed by atoms with van der Waals surface area (Å²) in [6.45, 7) is 0. The second kappa shape index (κ2) is 7.70. The molecular weight excluding hydrogens is 406 g/mol. The van der Waals surface area contributed by atoms with Crippen LogP contribution in [0.5, 0.6) is 0 Å². The summed E-state index contributed by atoms with van der Waals surface area (Å²) < 4.78 is 6.00. The Labute approximate surface area is 183 Å². The van der Waals surface area contributed by atoms with E-state index >= 15 is 0 Å². The van der Waals surface area contributed by atoms with Gasteiger partial charge in [0, 0.05) is 18.1 Å². The molecule has 3 aromatic carbocycles. The molecule has 1 aromatic heterocycles. The first-order valence-corrected chi connectivity index (χ1v) is 10.1. The molecule has 0 fully saturated rings. The number of para-hydroxylation sites is 1. The molecule has 0 aliphatic carbocycles. The van der Waals surface area contributed by atoms with E-state index in [0.29, 0.717) is 17.0 Å². The van der Waals surface area contributed by atoms with Gasteiger partial charge >= 0.3 is 6.03 Å². The van der Waals surface area contributed by atoms with E-state index in [4.69, 9.17) is 4.42 Å². The molecule has 0 spiro atoms. The summed E-state index contributed by atoms with van der Waals surface area (Å²) in [7, 11) is 1.43. The SMILES string of the molecule is CN1C(=O)c2ccc(NC(=O)N[C@H](c3ccccc3)c3cc4ccccc4o3)cc2C1=O. The van der Waals surface area contributed by atoms with Crippen molar-refractivity contribution < 1.29 is 18.8 Å². The van der Waals surface area contributed by atoms with Gasteiger partial charge in [-0.15, -0.1) is 0 Å². The molecule has 0 radical (unpaired) electrons. The zero-order valence-electron chi connectivity index (χ0n) is 17.2. The van der Waals surface area contributed by atoms with Crippen molar-refractivity contribution in [3.05, 3.63) is 101 Å². The number of fused-ring (bicyclic) bond motifs is 2. The lowest BCUT2D eigenvalue weighted by molar-refractivity contribution is 0.0693. The highest BCUT2D eigenvalue weighted by Gasteiger charge is 2.33. The van der Waals surface area contributed by atoms with Crippen molar-refractivity contribution in [2.24, 2.45) is 0 Å². The molecule has 5 rings (SSSR count). The Balaban J connectivity index is 1.41. The fourth-order valence-electron chi connectivity index (χ4n) is 3.85. The quantitative estimate of drug-likeness (QED) is 0.469. The van der Waals surface area contributed by atoms with Crippen LogP contribution in [0.25, 0.3) is 11.0 Å². The maximum Gasteiger partial charge on any atom is 0.320 e. The van der Waals surface area contributed by atoms with Gasteiger partial charge in [0.1, 0.15) is 17.4 Å². The molecule has 7 heteroatoms. The number of amides is 4. The molecule has 2 N–H and O–H groups in total. The van der Waals surface area contributed by atoms with Gasteiger partial charge in [0.2, 0.25) is 0 Å². The molecule has 1 atom stereocenters. The van der Waals surface area contributed by atoms with Gasteiger partial charge < -0.3 is 15.1 Å². The largest absolute Gasteiger partial charge is 0.459 e. The highest BCUT2D eigenvalue weighted by molar-refractivity contribution is 6.21. The molecule has 158 valence electrons. The summed E-state index contributed by atoms with van der Waals surface area (Å²) in [4.78, 5) is 38.2. The van der Waals surface area contributed by atoms with Crippen molar-refractivity contribution in [3.63, 3.8) is 0 Å². The standard InChI is InChI=1S/C25H19N3O4/c1-28-23(29)18-12-11-17(14-19(18)24(28)30)26-25(31)27-22(15-7-3-2-4-8-15)21-13-16-9-5-6-10-20(16)32-21/h2-14,22H,1H3,(H2,26,27,31)/t22-/m1/s1. The molecule has 4 amide bonds. The van der Waals surface area contributed by atoms with E-state index in [-0.39, 0.29) is 11.5 Å². The number of urea groups is 1. The van der Waals surface area contributed by atoms with Crippen LogP contribution in [0.4, 0.5) is 10.5 Å². The molecule has 0 bridgehead atoms. The lowest BCUT2D eigenvalue weighted by atomic mass is 10.0. The van der Waals surface area contributed by atoms with E-state index in [9.17, 15) is 14.4 Å². The van der Waals surface area contributed by atoms with Crippen LogP contribution in [-0.4, -0.2) is 29.8 Å². The molecule has 32 heavy (non-hydrogen) atoms. The molecule has 4 aromatic rings. The minimum absolute atomic E-state index is 0.271. The van der Waals surface area contributed by atoms with Gasteiger partial charge in [-0.1, -0.05) is 48.5 Å². The summed E-state index contributed by atoms with van der Waals surface area (Å²) in [6.07, 6.45) is 0. The first-order chi connectivity index (χ1) is 15.5. The summed E-state index contributed by atoms with van der Waals surface area (Å²) >= 11 is 0.